The number of carbonyl (C=O) groups excluding carboxylic acids is 1. The van der Waals surface area contributed by atoms with Gasteiger partial charge in [-0.25, -0.2) is 0 Å². The first-order valence-corrected chi connectivity index (χ1v) is 9.92. The van der Waals surface area contributed by atoms with Gasteiger partial charge >= 0.3 is 0 Å². The third-order valence-electron chi connectivity index (χ3n) is 5.71. The molecule has 0 bridgehead atoms. The van der Waals surface area contributed by atoms with Gasteiger partial charge in [-0.3, -0.25) is 9.69 Å². The molecule has 2 aliphatic heterocycles. The third kappa shape index (κ3) is 3.81. The summed E-state index contributed by atoms with van der Waals surface area (Å²) in [5.41, 5.74) is 0.775. The van der Waals surface area contributed by atoms with Gasteiger partial charge in [0.15, 0.2) is 11.5 Å². The second kappa shape index (κ2) is 7.45. The molecule has 0 radical (unpaired) electrons. The summed E-state index contributed by atoms with van der Waals surface area (Å²) in [7, 11) is 0. The lowest BCUT2D eigenvalue weighted by atomic mass is 9.94. The number of carbonyl (C=O) groups is 1. The van der Waals surface area contributed by atoms with Gasteiger partial charge in [-0.05, 0) is 31.5 Å². The van der Waals surface area contributed by atoms with Crippen molar-refractivity contribution in [2.75, 3.05) is 44.6 Å². The number of nitrogens with one attached hydrogen (secondary N) is 1. The van der Waals surface area contributed by atoms with Gasteiger partial charge in [-0.2, -0.15) is 0 Å². The van der Waals surface area contributed by atoms with Crippen LogP contribution in [-0.4, -0.2) is 60.8 Å². The zero-order chi connectivity index (χ0) is 18.0. The van der Waals surface area contributed by atoms with E-state index in [1.165, 1.54) is 6.42 Å². The Labute approximate surface area is 155 Å². The van der Waals surface area contributed by atoms with E-state index in [0.717, 1.165) is 75.6 Å². The smallest absolute Gasteiger partial charge is 0.251 e. The number of hydrogen-bond donors (Lipinski definition) is 1. The van der Waals surface area contributed by atoms with Gasteiger partial charge in [0.1, 0.15) is 0 Å². The zero-order valence-corrected chi connectivity index (χ0v) is 15.6. The molecule has 26 heavy (non-hydrogen) atoms. The van der Waals surface area contributed by atoms with Gasteiger partial charge in [0, 0.05) is 50.8 Å². The van der Waals surface area contributed by atoms with E-state index >= 15 is 0 Å². The second-order valence-corrected chi connectivity index (χ2v) is 7.60. The molecule has 1 saturated carbocycles. The molecule has 4 rings (SSSR count). The normalized spacial score (nSPS) is 22.5. The van der Waals surface area contributed by atoms with E-state index in [9.17, 15) is 4.79 Å². The number of fused-ring (bicyclic) bond motifs is 1. The van der Waals surface area contributed by atoms with Gasteiger partial charge in [0.25, 0.3) is 5.79 Å². The fourth-order valence-corrected chi connectivity index (χ4v) is 4.13. The highest BCUT2D eigenvalue weighted by Crippen LogP contribution is 2.46. The van der Waals surface area contributed by atoms with Crippen LogP contribution in [0.3, 0.4) is 0 Å². The van der Waals surface area contributed by atoms with E-state index in [1.807, 2.05) is 18.2 Å². The Morgan fingerprint density at radius 3 is 2.46 bits per heavy atom. The van der Waals surface area contributed by atoms with Crippen molar-refractivity contribution < 1.29 is 14.3 Å². The number of benzene rings is 1. The van der Waals surface area contributed by atoms with Gasteiger partial charge in [0.05, 0.1) is 6.54 Å². The predicted molar refractivity (Wildman–Crippen MR) is 101 cm³/mol. The maximum absolute atomic E-state index is 12.4. The number of amides is 1. The first-order chi connectivity index (χ1) is 12.7. The minimum Gasteiger partial charge on any atom is -0.448 e. The van der Waals surface area contributed by atoms with E-state index in [-0.39, 0.29) is 5.91 Å². The van der Waals surface area contributed by atoms with Crippen LogP contribution < -0.4 is 14.8 Å². The van der Waals surface area contributed by atoms with Crippen molar-refractivity contribution >= 4 is 11.6 Å². The van der Waals surface area contributed by atoms with Crippen LogP contribution in [0, 0.1) is 0 Å². The first-order valence-electron chi connectivity index (χ1n) is 9.92. The van der Waals surface area contributed by atoms with E-state index in [4.69, 9.17) is 9.47 Å². The van der Waals surface area contributed by atoms with Gasteiger partial charge < -0.3 is 19.7 Å². The van der Waals surface area contributed by atoms with Crippen LogP contribution in [0.25, 0.3) is 0 Å². The molecule has 2 fully saturated rings. The van der Waals surface area contributed by atoms with Crippen molar-refractivity contribution in [3.05, 3.63) is 18.2 Å². The molecule has 0 unspecified atom stereocenters. The predicted octanol–water partition coefficient (Wildman–Crippen LogP) is 2.69. The van der Waals surface area contributed by atoms with Crippen LogP contribution in [0.1, 0.15) is 39.0 Å². The monoisotopic (exact) mass is 359 g/mol. The van der Waals surface area contributed by atoms with Gasteiger partial charge in [-0.1, -0.05) is 13.3 Å². The highest BCUT2D eigenvalue weighted by atomic mass is 16.7. The number of nitrogens with zero attached hydrogens (tertiary/aromatic N) is 2. The average molecular weight is 359 g/mol. The molecule has 1 saturated heterocycles. The Morgan fingerprint density at radius 2 is 1.73 bits per heavy atom. The fourth-order valence-electron chi connectivity index (χ4n) is 4.13. The Bertz CT molecular complexity index is 650. The molecule has 2 heterocycles. The summed E-state index contributed by atoms with van der Waals surface area (Å²) in [5, 5.41) is 3.01. The maximum atomic E-state index is 12.4. The Morgan fingerprint density at radius 1 is 1.04 bits per heavy atom. The molecule has 1 aromatic carbocycles. The van der Waals surface area contributed by atoms with E-state index < -0.39 is 5.79 Å². The molecule has 142 valence electrons. The Balaban J connectivity index is 1.32. The first kappa shape index (κ1) is 17.6. The second-order valence-electron chi connectivity index (χ2n) is 7.60. The molecule has 1 aromatic rings. The molecule has 3 aliphatic rings. The maximum Gasteiger partial charge on any atom is 0.251 e. The van der Waals surface area contributed by atoms with Crippen molar-refractivity contribution in [3.8, 4) is 11.5 Å². The molecule has 1 N–H and O–H groups in total. The van der Waals surface area contributed by atoms with Gasteiger partial charge in [0.2, 0.25) is 5.91 Å². The Kier molecular flexibility index (Phi) is 5.05. The fraction of sp³-hybridized carbons (Fsp3) is 0.650. The summed E-state index contributed by atoms with van der Waals surface area (Å²) in [6, 6.07) is 5.71. The summed E-state index contributed by atoms with van der Waals surface area (Å²) in [6.45, 7) is 7.68. The minimum atomic E-state index is -0.470. The number of hydrogen-bond acceptors (Lipinski definition) is 5. The highest BCUT2D eigenvalue weighted by Gasteiger charge is 2.42. The molecular weight excluding hydrogens is 330 g/mol. The van der Waals surface area contributed by atoms with Crippen LogP contribution in [0.2, 0.25) is 0 Å². The molecule has 6 nitrogen and oxygen atoms in total. The highest BCUT2D eigenvalue weighted by molar-refractivity contribution is 5.92. The Hall–Kier alpha value is -1.79. The van der Waals surface area contributed by atoms with E-state index in [1.54, 1.807) is 0 Å². The van der Waals surface area contributed by atoms with Crippen LogP contribution in [0.5, 0.6) is 11.5 Å². The molecule has 1 amide bonds. The molecule has 1 aliphatic carbocycles. The lowest BCUT2D eigenvalue weighted by molar-refractivity contribution is -0.117. The number of ether oxygens (including phenoxy) is 2. The molecule has 0 atom stereocenters. The number of anilines is 1. The number of rotatable bonds is 4. The van der Waals surface area contributed by atoms with Crippen molar-refractivity contribution in [3.63, 3.8) is 0 Å². The van der Waals surface area contributed by atoms with Crippen LogP contribution in [0.15, 0.2) is 18.2 Å². The van der Waals surface area contributed by atoms with E-state index in [0.29, 0.717) is 6.54 Å². The van der Waals surface area contributed by atoms with Crippen molar-refractivity contribution in [2.24, 2.45) is 0 Å². The van der Waals surface area contributed by atoms with Crippen LogP contribution >= 0.6 is 0 Å². The largest absolute Gasteiger partial charge is 0.448 e. The summed E-state index contributed by atoms with van der Waals surface area (Å²) in [6.07, 6.45) is 5.41. The van der Waals surface area contributed by atoms with Gasteiger partial charge in [-0.15, -0.1) is 0 Å². The SMILES string of the molecule is CCN1CCN(CC(=O)Nc2ccc3c(c2)OC2(CCCCC2)O3)CC1. The quantitative estimate of drug-likeness (QED) is 0.896. The summed E-state index contributed by atoms with van der Waals surface area (Å²) < 4.78 is 12.2. The summed E-state index contributed by atoms with van der Waals surface area (Å²) >= 11 is 0. The van der Waals surface area contributed by atoms with Crippen molar-refractivity contribution in [2.45, 2.75) is 44.8 Å². The molecule has 6 heteroatoms. The molecular formula is C20H29N3O3. The standard InChI is InChI=1S/C20H29N3O3/c1-2-22-10-12-23(13-11-22)15-19(24)21-16-6-7-17-18(14-16)26-20(25-17)8-4-3-5-9-20/h6-7,14H,2-5,8-13,15H2,1H3,(H,21,24). The zero-order valence-electron chi connectivity index (χ0n) is 15.6. The number of likely N-dealkylation sites (N-methyl/N-ethyl adjacent to an activating group) is 1. The van der Waals surface area contributed by atoms with Crippen LogP contribution in [-0.2, 0) is 4.79 Å². The minimum absolute atomic E-state index is 0.0289. The lowest BCUT2D eigenvalue weighted by Crippen LogP contribution is -2.48. The summed E-state index contributed by atoms with van der Waals surface area (Å²) in [4.78, 5) is 17.0. The van der Waals surface area contributed by atoms with Crippen molar-refractivity contribution in [1.82, 2.24) is 9.80 Å². The van der Waals surface area contributed by atoms with Crippen molar-refractivity contribution in [1.29, 1.82) is 0 Å². The van der Waals surface area contributed by atoms with E-state index in [2.05, 4.69) is 22.0 Å². The topological polar surface area (TPSA) is 54.0 Å². The lowest BCUT2D eigenvalue weighted by Gasteiger charge is -2.33. The third-order valence-corrected chi connectivity index (χ3v) is 5.71. The molecule has 1 spiro atoms. The number of piperazine rings is 1. The average Bonchev–Trinajstić information content (AvgIpc) is 2.99. The molecule has 0 aromatic heterocycles. The summed E-state index contributed by atoms with van der Waals surface area (Å²) in [5.74, 6) is 1.10. The van der Waals surface area contributed by atoms with Crippen LogP contribution in [0.4, 0.5) is 5.69 Å².